The standard InChI is InChI=1S/C18H24N4O2/c1-3-13(2)19-17(23)15-14-9-5-8-12-22(14)16(20-15)18(24)21-10-6-4-7-11-21/h5,8-9,12-13H,3-4,6-7,10-11H2,1-2H3,(H,19,23). The minimum atomic E-state index is -0.231. The van der Waals surface area contributed by atoms with E-state index in [9.17, 15) is 9.59 Å². The number of aromatic nitrogens is 2. The van der Waals surface area contributed by atoms with Gasteiger partial charge in [0.05, 0.1) is 5.52 Å². The van der Waals surface area contributed by atoms with Crippen LogP contribution in [0, 0.1) is 0 Å². The Hall–Kier alpha value is -2.37. The Kier molecular flexibility index (Phi) is 4.83. The molecule has 1 unspecified atom stereocenters. The van der Waals surface area contributed by atoms with Gasteiger partial charge in [-0.1, -0.05) is 13.0 Å². The molecule has 0 saturated carbocycles. The summed E-state index contributed by atoms with van der Waals surface area (Å²) in [5, 5.41) is 2.93. The van der Waals surface area contributed by atoms with Crippen molar-refractivity contribution in [3.8, 4) is 0 Å². The van der Waals surface area contributed by atoms with Crippen LogP contribution in [0.4, 0.5) is 0 Å². The number of fused-ring (bicyclic) bond motifs is 1. The summed E-state index contributed by atoms with van der Waals surface area (Å²) >= 11 is 0. The lowest BCUT2D eigenvalue weighted by molar-refractivity contribution is 0.0711. The van der Waals surface area contributed by atoms with Crippen LogP contribution in [-0.2, 0) is 0 Å². The van der Waals surface area contributed by atoms with Crippen LogP contribution in [0.5, 0.6) is 0 Å². The second-order valence-electron chi connectivity index (χ2n) is 6.38. The van der Waals surface area contributed by atoms with Crippen molar-refractivity contribution in [2.45, 2.75) is 45.6 Å². The first kappa shape index (κ1) is 16.5. The van der Waals surface area contributed by atoms with Crippen LogP contribution < -0.4 is 5.32 Å². The summed E-state index contributed by atoms with van der Waals surface area (Å²) in [5.74, 6) is -0.00830. The number of rotatable bonds is 4. The van der Waals surface area contributed by atoms with Crippen LogP contribution in [0.25, 0.3) is 5.52 Å². The number of carbonyl (C=O) groups is 2. The molecule has 3 heterocycles. The molecule has 6 nitrogen and oxygen atoms in total. The Balaban J connectivity index is 1.97. The lowest BCUT2D eigenvalue weighted by Crippen LogP contribution is -2.36. The van der Waals surface area contributed by atoms with Crippen molar-refractivity contribution in [2.75, 3.05) is 13.1 Å². The Morgan fingerprint density at radius 3 is 2.71 bits per heavy atom. The molecule has 1 atom stereocenters. The molecule has 6 heteroatoms. The Bertz CT molecular complexity index is 747. The van der Waals surface area contributed by atoms with Crippen molar-refractivity contribution >= 4 is 17.3 Å². The molecule has 2 aromatic rings. The number of amides is 2. The Morgan fingerprint density at radius 2 is 2.00 bits per heavy atom. The molecule has 0 radical (unpaired) electrons. The highest BCUT2D eigenvalue weighted by atomic mass is 16.2. The van der Waals surface area contributed by atoms with Gasteiger partial charge in [0.1, 0.15) is 0 Å². The zero-order valence-electron chi connectivity index (χ0n) is 14.3. The number of imidazole rings is 1. The number of hydrogen-bond acceptors (Lipinski definition) is 3. The third-order valence-corrected chi connectivity index (χ3v) is 4.59. The Labute approximate surface area is 141 Å². The fourth-order valence-electron chi connectivity index (χ4n) is 2.99. The highest BCUT2D eigenvalue weighted by Crippen LogP contribution is 2.17. The van der Waals surface area contributed by atoms with Crippen LogP contribution in [-0.4, -0.2) is 45.2 Å². The van der Waals surface area contributed by atoms with Gasteiger partial charge in [-0.15, -0.1) is 0 Å². The summed E-state index contributed by atoms with van der Waals surface area (Å²) in [5.41, 5.74) is 0.981. The predicted molar refractivity (Wildman–Crippen MR) is 92.2 cm³/mol. The maximum atomic E-state index is 12.8. The van der Waals surface area contributed by atoms with Crippen LogP contribution in [0.2, 0.25) is 0 Å². The molecule has 2 aromatic heterocycles. The van der Waals surface area contributed by atoms with Crippen LogP contribution in [0.1, 0.15) is 60.6 Å². The van der Waals surface area contributed by atoms with Crippen molar-refractivity contribution in [1.29, 1.82) is 0 Å². The summed E-state index contributed by atoms with van der Waals surface area (Å²) < 4.78 is 1.72. The number of hydrogen-bond donors (Lipinski definition) is 1. The summed E-state index contributed by atoms with van der Waals surface area (Å²) in [4.78, 5) is 31.6. The van der Waals surface area contributed by atoms with E-state index in [-0.39, 0.29) is 17.9 Å². The minimum Gasteiger partial charge on any atom is -0.348 e. The highest BCUT2D eigenvalue weighted by Gasteiger charge is 2.26. The van der Waals surface area contributed by atoms with Gasteiger partial charge >= 0.3 is 0 Å². The van der Waals surface area contributed by atoms with Gasteiger partial charge in [-0.25, -0.2) is 4.98 Å². The lowest BCUT2D eigenvalue weighted by Gasteiger charge is -2.25. The van der Waals surface area contributed by atoms with Crippen molar-refractivity contribution in [1.82, 2.24) is 19.6 Å². The fourth-order valence-corrected chi connectivity index (χ4v) is 2.99. The molecular formula is C18H24N4O2. The summed E-state index contributed by atoms with van der Waals surface area (Å²) in [6.07, 6.45) is 5.85. The third kappa shape index (κ3) is 3.13. The lowest BCUT2D eigenvalue weighted by atomic mass is 10.1. The second-order valence-corrected chi connectivity index (χ2v) is 6.38. The van der Waals surface area contributed by atoms with E-state index < -0.39 is 0 Å². The maximum absolute atomic E-state index is 12.8. The summed E-state index contributed by atoms with van der Waals surface area (Å²) in [6.45, 7) is 5.49. The molecule has 2 amide bonds. The van der Waals surface area contributed by atoms with Gasteiger partial charge in [0.15, 0.2) is 5.69 Å². The molecular weight excluding hydrogens is 304 g/mol. The van der Waals surface area contributed by atoms with E-state index in [2.05, 4.69) is 10.3 Å². The highest BCUT2D eigenvalue weighted by molar-refractivity contribution is 6.02. The molecule has 24 heavy (non-hydrogen) atoms. The molecule has 1 fully saturated rings. The molecule has 3 rings (SSSR count). The number of carbonyl (C=O) groups excluding carboxylic acids is 2. The predicted octanol–water partition coefficient (Wildman–Crippen LogP) is 2.49. The van der Waals surface area contributed by atoms with Gasteiger partial charge in [0.2, 0.25) is 5.82 Å². The molecule has 0 aromatic carbocycles. The molecule has 1 aliphatic rings. The average Bonchev–Trinajstić information content (AvgIpc) is 3.01. The van der Waals surface area contributed by atoms with Crippen molar-refractivity contribution in [2.24, 2.45) is 0 Å². The zero-order chi connectivity index (χ0) is 17.1. The summed E-state index contributed by atoms with van der Waals surface area (Å²) in [7, 11) is 0. The first-order valence-electron chi connectivity index (χ1n) is 8.69. The maximum Gasteiger partial charge on any atom is 0.290 e. The van der Waals surface area contributed by atoms with Crippen LogP contribution in [0.3, 0.4) is 0 Å². The smallest absolute Gasteiger partial charge is 0.290 e. The minimum absolute atomic E-state index is 0.0687. The number of piperidine rings is 1. The molecule has 0 aliphatic carbocycles. The topological polar surface area (TPSA) is 66.7 Å². The van der Waals surface area contributed by atoms with Gasteiger partial charge in [-0.05, 0) is 44.7 Å². The second kappa shape index (κ2) is 7.03. The number of pyridine rings is 1. The van der Waals surface area contributed by atoms with Gasteiger partial charge in [-0.2, -0.15) is 0 Å². The molecule has 1 N–H and O–H groups in total. The van der Waals surface area contributed by atoms with Gasteiger partial charge in [0.25, 0.3) is 11.8 Å². The molecule has 0 spiro atoms. The zero-order valence-corrected chi connectivity index (χ0v) is 14.3. The first-order chi connectivity index (χ1) is 11.6. The molecule has 128 valence electrons. The van der Waals surface area contributed by atoms with Crippen molar-refractivity contribution < 1.29 is 9.59 Å². The SMILES string of the molecule is CCC(C)NC(=O)c1nc(C(=O)N2CCCCC2)n2ccccc12. The quantitative estimate of drug-likeness (QED) is 0.937. The van der Waals surface area contributed by atoms with Gasteiger partial charge in [0, 0.05) is 25.3 Å². The van der Waals surface area contributed by atoms with E-state index >= 15 is 0 Å². The third-order valence-electron chi connectivity index (χ3n) is 4.59. The summed E-state index contributed by atoms with van der Waals surface area (Å²) in [6, 6.07) is 5.59. The number of nitrogens with zero attached hydrogens (tertiary/aromatic N) is 3. The van der Waals surface area contributed by atoms with E-state index in [0.717, 1.165) is 38.8 Å². The van der Waals surface area contributed by atoms with E-state index in [1.165, 1.54) is 0 Å². The van der Waals surface area contributed by atoms with Gasteiger partial charge in [-0.3, -0.25) is 14.0 Å². The van der Waals surface area contributed by atoms with Crippen LogP contribution >= 0.6 is 0 Å². The van der Waals surface area contributed by atoms with Crippen LogP contribution in [0.15, 0.2) is 24.4 Å². The van der Waals surface area contributed by atoms with E-state index in [1.54, 1.807) is 10.6 Å². The number of likely N-dealkylation sites (tertiary alicyclic amines) is 1. The van der Waals surface area contributed by atoms with Crippen molar-refractivity contribution in [3.05, 3.63) is 35.9 Å². The normalized spacial score (nSPS) is 16.2. The number of nitrogens with one attached hydrogen (secondary N) is 1. The Morgan fingerprint density at radius 1 is 1.25 bits per heavy atom. The molecule has 0 bridgehead atoms. The monoisotopic (exact) mass is 328 g/mol. The van der Waals surface area contributed by atoms with Gasteiger partial charge < -0.3 is 10.2 Å². The molecule has 1 saturated heterocycles. The van der Waals surface area contributed by atoms with E-state index in [1.807, 2.05) is 36.9 Å². The average molecular weight is 328 g/mol. The first-order valence-corrected chi connectivity index (χ1v) is 8.69. The van der Waals surface area contributed by atoms with Crippen molar-refractivity contribution in [3.63, 3.8) is 0 Å². The van der Waals surface area contributed by atoms with E-state index in [0.29, 0.717) is 17.0 Å². The molecule has 1 aliphatic heterocycles. The van der Waals surface area contributed by atoms with E-state index in [4.69, 9.17) is 0 Å². The fraction of sp³-hybridized carbons (Fsp3) is 0.500. The largest absolute Gasteiger partial charge is 0.348 e.